The van der Waals surface area contributed by atoms with Crippen molar-refractivity contribution in [1.82, 2.24) is 10.3 Å². The summed E-state index contributed by atoms with van der Waals surface area (Å²) >= 11 is 6.03. The lowest BCUT2D eigenvalue weighted by atomic mass is 10.2. The number of halogens is 1. The van der Waals surface area contributed by atoms with E-state index in [1.165, 1.54) is 32.0 Å². The van der Waals surface area contributed by atoms with Gasteiger partial charge in [0, 0.05) is 12.7 Å². The monoisotopic (exact) mass is 312 g/mol. The van der Waals surface area contributed by atoms with Crippen LogP contribution < -0.4 is 10.1 Å². The van der Waals surface area contributed by atoms with Gasteiger partial charge in [0.25, 0.3) is 5.91 Å². The molecule has 1 aliphatic carbocycles. The Kier molecular flexibility index (Phi) is 5.01. The van der Waals surface area contributed by atoms with E-state index in [0.717, 1.165) is 0 Å². The van der Waals surface area contributed by atoms with Gasteiger partial charge in [0.05, 0.1) is 18.1 Å². The Labute approximate surface area is 127 Å². The number of rotatable bonds is 7. The summed E-state index contributed by atoms with van der Waals surface area (Å²) in [6, 6.07) is 1.47. The topological polar surface area (TPSA) is 88.5 Å². The largest absolute Gasteiger partial charge is 0.481 e. The van der Waals surface area contributed by atoms with Gasteiger partial charge in [0.2, 0.25) is 5.88 Å². The molecule has 1 fully saturated rings. The number of carboxylic acids is 1. The van der Waals surface area contributed by atoms with Crippen molar-refractivity contribution in [2.24, 2.45) is 11.8 Å². The number of amides is 1. The lowest BCUT2D eigenvalue weighted by molar-refractivity contribution is -0.140. The van der Waals surface area contributed by atoms with E-state index in [4.69, 9.17) is 21.4 Å². The van der Waals surface area contributed by atoms with Crippen LogP contribution in [0.4, 0.5) is 0 Å². The van der Waals surface area contributed by atoms with Crippen LogP contribution in [0.1, 0.15) is 30.1 Å². The molecule has 0 aliphatic heterocycles. The third-order valence-electron chi connectivity index (χ3n) is 3.21. The molecule has 1 aliphatic rings. The van der Waals surface area contributed by atoms with Crippen molar-refractivity contribution in [3.63, 3.8) is 0 Å². The molecule has 1 aromatic rings. The van der Waals surface area contributed by atoms with Gasteiger partial charge in [0.15, 0.2) is 0 Å². The van der Waals surface area contributed by atoms with Crippen LogP contribution in [-0.4, -0.2) is 35.1 Å². The SMILES string of the molecule is CC(CNC(=O)c1cnc(OCC2CC2)c(Cl)c1)C(=O)O. The molecule has 21 heavy (non-hydrogen) atoms. The van der Waals surface area contributed by atoms with Gasteiger partial charge in [-0.15, -0.1) is 0 Å². The molecule has 1 saturated carbocycles. The first kappa shape index (κ1) is 15.6. The molecular weight excluding hydrogens is 296 g/mol. The Bertz CT molecular complexity index is 546. The predicted octanol–water partition coefficient (Wildman–Crippen LogP) is 1.97. The van der Waals surface area contributed by atoms with Gasteiger partial charge in [-0.25, -0.2) is 4.98 Å². The summed E-state index contributed by atoms with van der Waals surface area (Å²) in [6.45, 7) is 2.16. The molecule has 1 heterocycles. The number of nitrogens with zero attached hydrogens (tertiary/aromatic N) is 1. The normalized spacial score (nSPS) is 15.3. The van der Waals surface area contributed by atoms with Gasteiger partial charge in [-0.3, -0.25) is 9.59 Å². The Balaban J connectivity index is 1.91. The van der Waals surface area contributed by atoms with E-state index >= 15 is 0 Å². The Hall–Kier alpha value is -1.82. The maximum Gasteiger partial charge on any atom is 0.308 e. The van der Waals surface area contributed by atoms with Crippen LogP contribution in [0.15, 0.2) is 12.3 Å². The van der Waals surface area contributed by atoms with Crippen molar-refractivity contribution in [2.75, 3.05) is 13.2 Å². The summed E-state index contributed by atoms with van der Waals surface area (Å²) in [5, 5.41) is 11.6. The van der Waals surface area contributed by atoms with Gasteiger partial charge >= 0.3 is 5.97 Å². The van der Waals surface area contributed by atoms with Crippen molar-refractivity contribution in [3.05, 3.63) is 22.8 Å². The molecule has 0 aromatic carbocycles. The van der Waals surface area contributed by atoms with E-state index in [2.05, 4.69) is 10.3 Å². The maximum atomic E-state index is 11.9. The van der Waals surface area contributed by atoms with E-state index < -0.39 is 17.8 Å². The summed E-state index contributed by atoms with van der Waals surface area (Å²) in [6.07, 6.45) is 3.70. The molecule has 2 N–H and O–H groups in total. The molecule has 0 radical (unpaired) electrons. The number of carbonyl (C=O) groups excluding carboxylic acids is 1. The highest BCUT2D eigenvalue weighted by Gasteiger charge is 2.23. The van der Waals surface area contributed by atoms with Crippen molar-refractivity contribution in [3.8, 4) is 5.88 Å². The summed E-state index contributed by atoms with van der Waals surface area (Å²) in [5.41, 5.74) is 0.274. The minimum Gasteiger partial charge on any atom is -0.481 e. The third-order valence-corrected chi connectivity index (χ3v) is 3.48. The predicted molar refractivity (Wildman–Crippen MR) is 76.6 cm³/mol. The summed E-state index contributed by atoms with van der Waals surface area (Å²) in [5.74, 6) is -1.12. The van der Waals surface area contributed by atoms with Crippen molar-refractivity contribution < 1.29 is 19.4 Å². The number of aliphatic carboxylic acids is 1. The van der Waals surface area contributed by atoms with Crippen LogP contribution in [0.3, 0.4) is 0 Å². The van der Waals surface area contributed by atoms with Gasteiger partial charge in [0.1, 0.15) is 5.02 Å². The number of hydrogen-bond donors (Lipinski definition) is 2. The number of carboxylic acid groups (broad SMARTS) is 1. The first-order chi connectivity index (χ1) is 9.97. The Morgan fingerprint density at radius 2 is 2.29 bits per heavy atom. The quantitative estimate of drug-likeness (QED) is 0.803. The minimum absolute atomic E-state index is 0.0473. The van der Waals surface area contributed by atoms with Crippen LogP contribution >= 0.6 is 11.6 Å². The van der Waals surface area contributed by atoms with Crippen LogP contribution in [0, 0.1) is 11.8 Å². The number of nitrogens with one attached hydrogen (secondary N) is 1. The average molecular weight is 313 g/mol. The second kappa shape index (κ2) is 6.76. The molecule has 1 aromatic heterocycles. The van der Waals surface area contributed by atoms with Crippen molar-refractivity contribution in [2.45, 2.75) is 19.8 Å². The fourth-order valence-corrected chi connectivity index (χ4v) is 1.79. The Morgan fingerprint density at radius 3 is 2.86 bits per heavy atom. The van der Waals surface area contributed by atoms with E-state index in [-0.39, 0.29) is 17.1 Å². The molecule has 1 unspecified atom stereocenters. The van der Waals surface area contributed by atoms with E-state index in [0.29, 0.717) is 18.4 Å². The van der Waals surface area contributed by atoms with Gasteiger partial charge in [-0.2, -0.15) is 0 Å². The molecular formula is C14H17ClN2O4. The smallest absolute Gasteiger partial charge is 0.308 e. The van der Waals surface area contributed by atoms with E-state index in [9.17, 15) is 9.59 Å². The Morgan fingerprint density at radius 1 is 1.57 bits per heavy atom. The highest BCUT2D eigenvalue weighted by molar-refractivity contribution is 6.32. The number of ether oxygens (including phenoxy) is 1. The van der Waals surface area contributed by atoms with E-state index in [1.54, 1.807) is 0 Å². The summed E-state index contributed by atoms with van der Waals surface area (Å²) < 4.78 is 5.47. The fourth-order valence-electron chi connectivity index (χ4n) is 1.57. The number of pyridine rings is 1. The van der Waals surface area contributed by atoms with Gasteiger partial charge < -0.3 is 15.2 Å². The fraction of sp³-hybridized carbons (Fsp3) is 0.500. The number of aromatic nitrogens is 1. The zero-order valence-corrected chi connectivity index (χ0v) is 12.4. The van der Waals surface area contributed by atoms with Crippen LogP contribution in [0.25, 0.3) is 0 Å². The molecule has 6 nitrogen and oxygen atoms in total. The molecule has 1 amide bonds. The van der Waals surface area contributed by atoms with Crippen molar-refractivity contribution >= 4 is 23.5 Å². The molecule has 0 bridgehead atoms. The standard InChI is InChI=1S/C14H17ClN2O4/c1-8(14(19)20)5-16-12(18)10-4-11(15)13(17-6-10)21-7-9-2-3-9/h4,6,8-9H,2-3,5,7H2,1H3,(H,16,18)(H,19,20). The average Bonchev–Trinajstić information content (AvgIpc) is 3.27. The van der Waals surface area contributed by atoms with Gasteiger partial charge in [-0.05, 0) is 24.8 Å². The third kappa shape index (κ3) is 4.60. The minimum atomic E-state index is -0.963. The highest BCUT2D eigenvalue weighted by atomic mass is 35.5. The second-order valence-corrected chi connectivity index (χ2v) is 5.62. The highest BCUT2D eigenvalue weighted by Crippen LogP contribution is 2.30. The lowest BCUT2D eigenvalue weighted by Crippen LogP contribution is -2.31. The maximum absolute atomic E-state index is 11.9. The van der Waals surface area contributed by atoms with Crippen LogP contribution in [0.5, 0.6) is 5.88 Å². The number of carbonyl (C=O) groups is 2. The molecule has 0 saturated heterocycles. The molecule has 7 heteroatoms. The molecule has 1 atom stereocenters. The zero-order valence-electron chi connectivity index (χ0n) is 11.6. The van der Waals surface area contributed by atoms with Crippen LogP contribution in [-0.2, 0) is 4.79 Å². The summed E-state index contributed by atoms with van der Waals surface area (Å²) in [7, 11) is 0. The second-order valence-electron chi connectivity index (χ2n) is 5.21. The molecule has 114 valence electrons. The lowest BCUT2D eigenvalue weighted by Gasteiger charge is -2.10. The van der Waals surface area contributed by atoms with Gasteiger partial charge in [-0.1, -0.05) is 18.5 Å². The molecule has 2 rings (SSSR count). The van der Waals surface area contributed by atoms with Crippen LogP contribution in [0.2, 0.25) is 5.02 Å². The number of hydrogen-bond acceptors (Lipinski definition) is 4. The summed E-state index contributed by atoms with van der Waals surface area (Å²) in [4.78, 5) is 26.6. The zero-order chi connectivity index (χ0) is 15.4. The first-order valence-corrected chi connectivity index (χ1v) is 7.14. The van der Waals surface area contributed by atoms with E-state index in [1.807, 2.05) is 0 Å². The van der Waals surface area contributed by atoms with Crippen molar-refractivity contribution in [1.29, 1.82) is 0 Å². The first-order valence-electron chi connectivity index (χ1n) is 6.76. The molecule has 0 spiro atoms.